The van der Waals surface area contributed by atoms with Gasteiger partial charge in [0.2, 0.25) is 11.8 Å². The summed E-state index contributed by atoms with van der Waals surface area (Å²) in [5.41, 5.74) is 1.76. The van der Waals surface area contributed by atoms with Crippen LogP contribution in [0.4, 0.5) is 8.78 Å². The summed E-state index contributed by atoms with van der Waals surface area (Å²) in [6.45, 7) is 4.67. The highest BCUT2D eigenvalue weighted by atomic mass is 19.2. The summed E-state index contributed by atoms with van der Waals surface area (Å²) in [7, 11) is 1.71. The Kier molecular flexibility index (Phi) is 12.5. The van der Waals surface area contributed by atoms with Crippen LogP contribution in [0.5, 0.6) is 0 Å². The molecule has 2 atom stereocenters. The van der Waals surface area contributed by atoms with Crippen molar-refractivity contribution in [3.05, 3.63) is 71.4 Å². The molecule has 1 saturated carbocycles. The van der Waals surface area contributed by atoms with Crippen LogP contribution in [0.3, 0.4) is 0 Å². The lowest BCUT2D eigenvalue weighted by atomic mass is 9.83. The van der Waals surface area contributed by atoms with Crippen LogP contribution >= 0.6 is 0 Å². The number of aromatic nitrogens is 1. The predicted molar refractivity (Wildman–Crippen MR) is 178 cm³/mol. The molecule has 1 aromatic heterocycles. The summed E-state index contributed by atoms with van der Waals surface area (Å²) in [4.78, 5) is 43.9. The molecule has 48 heavy (non-hydrogen) atoms. The molecule has 1 aliphatic heterocycles. The van der Waals surface area contributed by atoms with Gasteiger partial charge in [-0.1, -0.05) is 49.6 Å². The van der Waals surface area contributed by atoms with E-state index < -0.39 is 23.7 Å². The van der Waals surface area contributed by atoms with Crippen molar-refractivity contribution in [3.63, 3.8) is 0 Å². The van der Waals surface area contributed by atoms with Crippen molar-refractivity contribution in [1.29, 1.82) is 0 Å². The third-order valence-corrected chi connectivity index (χ3v) is 9.50. The van der Waals surface area contributed by atoms with Gasteiger partial charge in [0.1, 0.15) is 11.7 Å². The number of nitrogens with zero attached hydrogens (tertiary/aromatic N) is 3. The zero-order chi connectivity index (χ0) is 34.0. The van der Waals surface area contributed by atoms with E-state index in [4.69, 9.17) is 9.47 Å². The molecule has 12 heteroatoms. The second-order valence-electron chi connectivity index (χ2n) is 12.7. The molecule has 260 valence electrons. The van der Waals surface area contributed by atoms with Gasteiger partial charge < -0.3 is 34.5 Å². The lowest BCUT2D eigenvalue weighted by Crippen LogP contribution is -2.59. The Morgan fingerprint density at radius 3 is 2.25 bits per heavy atom. The van der Waals surface area contributed by atoms with Crippen LogP contribution in [0.1, 0.15) is 55.1 Å². The Labute approximate surface area is 280 Å². The first-order valence-electron chi connectivity index (χ1n) is 17.0. The highest BCUT2D eigenvalue weighted by molar-refractivity contribution is 5.99. The largest absolute Gasteiger partial charge is 0.377 e. The summed E-state index contributed by atoms with van der Waals surface area (Å²) in [5, 5.41) is 6.36. The summed E-state index contributed by atoms with van der Waals surface area (Å²) in [6, 6.07) is 12.6. The number of carbonyl (C=O) groups is 3. The topological polar surface area (TPSA) is 105 Å². The maximum absolute atomic E-state index is 14.3. The third-order valence-electron chi connectivity index (χ3n) is 9.50. The number of likely N-dealkylation sites (N-methyl/N-ethyl adjacent to an activating group) is 1. The molecule has 2 fully saturated rings. The van der Waals surface area contributed by atoms with Gasteiger partial charge in [0, 0.05) is 44.2 Å². The molecule has 3 aromatic rings. The van der Waals surface area contributed by atoms with E-state index in [1.165, 1.54) is 0 Å². The Bertz CT molecular complexity index is 1540. The van der Waals surface area contributed by atoms with Gasteiger partial charge >= 0.3 is 0 Å². The SMILES string of the molecule is CNC(C)C(=O)NC(C(=O)N1CCN(C(=O)c2cc3cc(F)c(F)cc3n2CCOCCOCc2ccccc2)CC1)C1CCCCC1. The van der Waals surface area contributed by atoms with Crippen molar-refractivity contribution < 1.29 is 32.6 Å². The number of halogens is 2. The van der Waals surface area contributed by atoms with E-state index in [0.29, 0.717) is 62.6 Å². The molecule has 10 nitrogen and oxygen atoms in total. The Morgan fingerprint density at radius 2 is 1.54 bits per heavy atom. The van der Waals surface area contributed by atoms with Gasteiger partial charge in [0.25, 0.3) is 5.91 Å². The monoisotopic (exact) mass is 667 g/mol. The van der Waals surface area contributed by atoms with Crippen LogP contribution in [0, 0.1) is 17.6 Å². The van der Waals surface area contributed by atoms with E-state index in [1.54, 1.807) is 34.4 Å². The number of rotatable bonds is 14. The third kappa shape index (κ3) is 8.77. The minimum Gasteiger partial charge on any atom is -0.377 e. The molecule has 0 bridgehead atoms. The minimum atomic E-state index is -0.994. The van der Waals surface area contributed by atoms with Gasteiger partial charge in [0.15, 0.2) is 11.6 Å². The Hall–Kier alpha value is -3.87. The molecule has 5 rings (SSSR count). The normalized spacial score (nSPS) is 17.0. The summed E-state index contributed by atoms with van der Waals surface area (Å²) < 4.78 is 41.6. The van der Waals surface area contributed by atoms with Crippen molar-refractivity contribution >= 4 is 28.6 Å². The smallest absolute Gasteiger partial charge is 0.270 e. The van der Waals surface area contributed by atoms with Crippen LogP contribution in [-0.2, 0) is 32.2 Å². The molecule has 2 unspecified atom stereocenters. The molecule has 2 heterocycles. The number of carbonyl (C=O) groups excluding carboxylic acids is 3. The average molecular weight is 668 g/mol. The zero-order valence-corrected chi connectivity index (χ0v) is 27.9. The lowest BCUT2D eigenvalue weighted by molar-refractivity contribution is -0.140. The molecule has 1 saturated heterocycles. The summed E-state index contributed by atoms with van der Waals surface area (Å²) >= 11 is 0. The van der Waals surface area contributed by atoms with Gasteiger partial charge in [-0.3, -0.25) is 14.4 Å². The average Bonchev–Trinajstić information content (AvgIpc) is 3.46. The second-order valence-corrected chi connectivity index (χ2v) is 12.7. The van der Waals surface area contributed by atoms with Crippen LogP contribution in [0.15, 0.2) is 48.5 Å². The number of fused-ring (bicyclic) bond motifs is 1. The van der Waals surface area contributed by atoms with Gasteiger partial charge in [0.05, 0.1) is 38.0 Å². The molecule has 2 aliphatic rings. The molecular formula is C36H47F2N5O5. The van der Waals surface area contributed by atoms with Crippen molar-refractivity contribution in [2.24, 2.45) is 5.92 Å². The number of ether oxygens (including phenoxy) is 2. The fourth-order valence-electron chi connectivity index (χ4n) is 6.56. The second kappa shape index (κ2) is 17.0. The molecule has 3 amide bonds. The molecule has 0 spiro atoms. The zero-order valence-electron chi connectivity index (χ0n) is 27.9. The number of hydrogen-bond donors (Lipinski definition) is 2. The van der Waals surface area contributed by atoms with Crippen LogP contribution in [0.25, 0.3) is 10.9 Å². The maximum atomic E-state index is 14.3. The van der Waals surface area contributed by atoms with Crippen molar-refractivity contribution in [3.8, 4) is 0 Å². The predicted octanol–water partition coefficient (Wildman–Crippen LogP) is 4.11. The van der Waals surface area contributed by atoms with E-state index in [-0.39, 0.29) is 36.8 Å². The van der Waals surface area contributed by atoms with E-state index in [0.717, 1.165) is 49.8 Å². The van der Waals surface area contributed by atoms with Gasteiger partial charge in [-0.15, -0.1) is 0 Å². The fourth-order valence-corrected chi connectivity index (χ4v) is 6.56. The Balaban J connectivity index is 1.21. The van der Waals surface area contributed by atoms with Crippen LogP contribution < -0.4 is 10.6 Å². The van der Waals surface area contributed by atoms with E-state index in [2.05, 4.69) is 10.6 Å². The van der Waals surface area contributed by atoms with E-state index >= 15 is 0 Å². The molecule has 2 aromatic carbocycles. The highest BCUT2D eigenvalue weighted by Crippen LogP contribution is 2.28. The van der Waals surface area contributed by atoms with Crippen molar-refractivity contribution in [2.45, 2.75) is 64.3 Å². The fraction of sp³-hybridized carbons (Fsp3) is 0.528. The first-order valence-corrected chi connectivity index (χ1v) is 17.0. The number of benzene rings is 2. The van der Waals surface area contributed by atoms with E-state index in [9.17, 15) is 23.2 Å². The minimum absolute atomic E-state index is 0.0769. The standard InChI is InChI=1S/C36H47F2N5O5/c1-25(39-2)34(44)40-33(27-11-7-4-8-12-27)36(46)42-15-13-41(14-16-42)35(45)32-22-28-21-29(37)30(38)23-31(28)43(32)17-18-47-19-20-48-24-26-9-5-3-6-10-26/h3,5-6,9-10,21-23,25,27,33,39H,4,7-8,11-20,24H2,1-2H3,(H,40,44). The molecular weight excluding hydrogens is 620 g/mol. The van der Waals surface area contributed by atoms with Gasteiger partial charge in [-0.25, -0.2) is 8.78 Å². The van der Waals surface area contributed by atoms with Crippen LogP contribution in [0.2, 0.25) is 0 Å². The van der Waals surface area contributed by atoms with Gasteiger partial charge in [-0.2, -0.15) is 0 Å². The maximum Gasteiger partial charge on any atom is 0.270 e. The molecule has 2 N–H and O–H groups in total. The van der Waals surface area contributed by atoms with Gasteiger partial charge in [-0.05, 0) is 50.4 Å². The number of nitrogens with one attached hydrogen (secondary N) is 2. The van der Waals surface area contributed by atoms with Crippen molar-refractivity contribution in [1.82, 2.24) is 25.0 Å². The van der Waals surface area contributed by atoms with E-state index in [1.807, 2.05) is 30.3 Å². The molecule has 0 radical (unpaired) electrons. The Morgan fingerprint density at radius 1 is 0.875 bits per heavy atom. The first-order chi connectivity index (χ1) is 23.3. The van der Waals surface area contributed by atoms with Crippen molar-refractivity contribution in [2.75, 3.05) is 53.0 Å². The summed E-state index contributed by atoms with van der Waals surface area (Å²) in [6.07, 6.45) is 4.97. The number of hydrogen-bond acceptors (Lipinski definition) is 6. The highest BCUT2D eigenvalue weighted by Gasteiger charge is 2.36. The lowest BCUT2D eigenvalue weighted by Gasteiger charge is -2.39. The number of amides is 3. The quantitative estimate of drug-likeness (QED) is 0.251. The molecule has 1 aliphatic carbocycles. The summed E-state index contributed by atoms with van der Waals surface area (Å²) in [5.74, 6) is -2.51. The first kappa shape index (κ1) is 35.4. The number of piperazine rings is 1. The van der Waals surface area contributed by atoms with Crippen LogP contribution in [-0.4, -0.2) is 97.2 Å².